The predicted octanol–water partition coefficient (Wildman–Crippen LogP) is 3.13. The molecule has 1 aliphatic heterocycles. The number of rotatable bonds is 7. The molecule has 0 atom stereocenters. The maximum absolute atomic E-state index is 12.3. The number of esters is 1. The van der Waals surface area contributed by atoms with Gasteiger partial charge in [0, 0.05) is 30.8 Å². The molecule has 0 unspecified atom stereocenters. The summed E-state index contributed by atoms with van der Waals surface area (Å²) in [5.41, 5.74) is 2.02. The molecule has 0 saturated carbocycles. The van der Waals surface area contributed by atoms with Crippen LogP contribution in [-0.2, 0) is 16.0 Å². The minimum absolute atomic E-state index is 0.00350. The van der Waals surface area contributed by atoms with Crippen LogP contribution in [0.5, 0.6) is 5.75 Å². The second-order valence-electron chi connectivity index (χ2n) is 6.33. The molecule has 1 amide bonds. The largest absolute Gasteiger partial charge is 0.494 e. The number of non-ortho nitro benzene ring substituents is 1. The van der Waals surface area contributed by atoms with Crippen LogP contribution in [0.25, 0.3) is 0 Å². The fourth-order valence-corrected chi connectivity index (χ4v) is 3.12. The van der Waals surface area contributed by atoms with E-state index in [0.29, 0.717) is 43.7 Å². The average Bonchev–Trinajstić information content (AvgIpc) is 2.71. The number of carbonyl (C=O) groups is 2. The molecule has 3 rings (SSSR count). The van der Waals surface area contributed by atoms with Crippen molar-refractivity contribution in [3.8, 4) is 5.75 Å². The molecular weight excluding hydrogens is 364 g/mol. The summed E-state index contributed by atoms with van der Waals surface area (Å²) in [4.78, 5) is 35.9. The molecule has 146 valence electrons. The van der Waals surface area contributed by atoms with Crippen LogP contribution in [0.2, 0.25) is 0 Å². The molecule has 2 aromatic rings. The molecule has 1 heterocycles. The van der Waals surface area contributed by atoms with Gasteiger partial charge in [0.25, 0.3) is 5.69 Å². The Morgan fingerprint density at radius 2 is 1.93 bits per heavy atom. The molecule has 2 aromatic carbocycles. The van der Waals surface area contributed by atoms with Gasteiger partial charge in [-0.1, -0.05) is 0 Å². The van der Waals surface area contributed by atoms with E-state index in [4.69, 9.17) is 4.74 Å². The van der Waals surface area contributed by atoms with E-state index in [1.54, 1.807) is 35.2 Å². The number of carbonyl (C=O) groups excluding carboxylic acids is 2. The SMILES string of the molecule is COC(=O)c1ccc(OCCCN2C(=O)CCc3cc([N+](=O)[O-])ccc32)cc1. The Morgan fingerprint density at radius 3 is 2.61 bits per heavy atom. The quantitative estimate of drug-likeness (QED) is 0.315. The summed E-state index contributed by atoms with van der Waals surface area (Å²) in [6.07, 6.45) is 1.44. The van der Waals surface area contributed by atoms with Gasteiger partial charge in [-0.15, -0.1) is 0 Å². The van der Waals surface area contributed by atoms with E-state index in [2.05, 4.69) is 4.74 Å². The molecule has 0 aliphatic carbocycles. The summed E-state index contributed by atoms with van der Waals surface area (Å²) in [5, 5.41) is 10.9. The number of aryl methyl sites for hydroxylation is 1. The fourth-order valence-electron chi connectivity index (χ4n) is 3.12. The van der Waals surface area contributed by atoms with Crippen molar-refractivity contribution >= 4 is 23.3 Å². The van der Waals surface area contributed by atoms with Crippen LogP contribution < -0.4 is 9.64 Å². The summed E-state index contributed by atoms with van der Waals surface area (Å²) in [6, 6.07) is 11.2. The summed E-state index contributed by atoms with van der Waals surface area (Å²) >= 11 is 0. The molecule has 8 nitrogen and oxygen atoms in total. The summed E-state index contributed by atoms with van der Waals surface area (Å²) < 4.78 is 10.3. The van der Waals surface area contributed by atoms with Crippen LogP contribution >= 0.6 is 0 Å². The Balaban J connectivity index is 1.57. The van der Waals surface area contributed by atoms with Crippen LogP contribution in [0.4, 0.5) is 11.4 Å². The lowest BCUT2D eigenvalue weighted by Crippen LogP contribution is -2.36. The highest BCUT2D eigenvalue weighted by Gasteiger charge is 2.25. The molecule has 28 heavy (non-hydrogen) atoms. The predicted molar refractivity (Wildman–Crippen MR) is 102 cm³/mol. The number of nitro benzene ring substituents is 1. The summed E-state index contributed by atoms with van der Waals surface area (Å²) in [6.45, 7) is 0.855. The summed E-state index contributed by atoms with van der Waals surface area (Å²) in [5.74, 6) is 0.214. The zero-order valence-corrected chi connectivity index (χ0v) is 15.4. The molecule has 0 spiro atoms. The third-order valence-electron chi connectivity index (χ3n) is 4.54. The molecule has 0 fully saturated rings. The molecular formula is C20H20N2O6. The third kappa shape index (κ3) is 4.28. The highest BCUT2D eigenvalue weighted by molar-refractivity contribution is 5.96. The van der Waals surface area contributed by atoms with Crippen LogP contribution in [0.3, 0.4) is 0 Å². The Bertz CT molecular complexity index is 894. The average molecular weight is 384 g/mol. The molecule has 0 N–H and O–H groups in total. The maximum atomic E-state index is 12.3. The van der Waals surface area contributed by atoms with Crippen molar-refractivity contribution in [3.63, 3.8) is 0 Å². The number of amides is 1. The van der Waals surface area contributed by atoms with Gasteiger partial charge in [-0.3, -0.25) is 14.9 Å². The minimum Gasteiger partial charge on any atom is -0.494 e. The van der Waals surface area contributed by atoms with Gasteiger partial charge in [0.1, 0.15) is 5.75 Å². The lowest BCUT2D eigenvalue weighted by molar-refractivity contribution is -0.384. The van der Waals surface area contributed by atoms with Crippen molar-refractivity contribution in [2.24, 2.45) is 0 Å². The van der Waals surface area contributed by atoms with E-state index in [1.807, 2.05) is 0 Å². The van der Waals surface area contributed by atoms with Crippen LogP contribution in [0.1, 0.15) is 28.8 Å². The van der Waals surface area contributed by atoms with Gasteiger partial charge in [0.05, 0.1) is 24.2 Å². The standard InChI is InChI=1S/C20H20N2O6/c1-27-20(24)14-3-7-17(8-4-14)28-12-2-11-21-18-9-6-16(22(25)26)13-15(18)5-10-19(21)23/h3-4,6-9,13H,2,5,10-12H2,1H3. The first-order chi connectivity index (χ1) is 13.5. The molecule has 1 aliphatic rings. The number of hydrogen-bond acceptors (Lipinski definition) is 6. The number of fused-ring (bicyclic) bond motifs is 1. The second-order valence-corrected chi connectivity index (χ2v) is 6.33. The number of anilines is 1. The van der Waals surface area contributed by atoms with Gasteiger partial charge in [-0.05, 0) is 48.7 Å². The van der Waals surface area contributed by atoms with E-state index in [9.17, 15) is 19.7 Å². The first-order valence-electron chi connectivity index (χ1n) is 8.88. The number of nitro groups is 1. The fraction of sp³-hybridized carbons (Fsp3) is 0.300. The number of methoxy groups -OCH3 is 1. The van der Waals surface area contributed by atoms with Gasteiger partial charge in [0.15, 0.2) is 0 Å². The van der Waals surface area contributed by atoms with E-state index < -0.39 is 10.9 Å². The molecule has 0 bridgehead atoms. The summed E-state index contributed by atoms with van der Waals surface area (Å²) in [7, 11) is 1.32. The number of benzene rings is 2. The third-order valence-corrected chi connectivity index (χ3v) is 4.54. The highest BCUT2D eigenvalue weighted by Crippen LogP contribution is 2.31. The number of nitrogens with zero attached hydrogens (tertiary/aromatic N) is 2. The molecule has 0 radical (unpaired) electrons. The normalized spacial score (nSPS) is 13.0. The zero-order valence-electron chi connectivity index (χ0n) is 15.4. The van der Waals surface area contributed by atoms with E-state index >= 15 is 0 Å². The lowest BCUT2D eigenvalue weighted by Gasteiger charge is -2.29. The van der Waals surface area contributed by atoms with E-state index in [1.165, 1.54) is 19.2 Å². The Morgan fingerprint density at radius 1 is 1.18 bits per heavy atom. The van der Waals surface area contributed by atoms with Gasteiger partial charge in [0.2, 0.25) is 5.91 Å². The van der Waals surface area contributed by atoms with E-state index in [0.717, 1.165) is 11.3 Å². The van der Waals surface area contributed by atoms with Gasteiger partial charge in [-0.2, -0.15) is 0 Å². The topological polar surface area (TPSA) is 99.0 Å². The minimum atomic E-state index is -0.430. The Hall–Kier alpha value is -3.42. The monoisotopic (exact) mass is 384 g/mol. The molecule has 0 saturated heterocycles. The smallest absolute Gasteiger partial charge is 0.337 e. The van der Waals surface area contributed by atoms with Crippen LogP contribution in [-0.4, -0.2) is 37.1 Å². The van der Waals surface area contributed by atoms with Gasteiger partial charge in [-0.25, -0.2) is 4.79 Å². The van der Waals surface area contributed by atoms with Crippen LogP contribution in [0, 0.1) is 10.1 Å². The van der Waals surface area contributed by atoms with Crippen molar-refractivity contribution in [2.45, 2.75) is 19.3 Å². The number of ether oxygens (including phenoxy) is 2. The first kappa shape index (κ1) is 19.3. The van der Waals surface area contributed by atoms with Gasteiger partial charge >= 0.3 is 5.97 Å². The van der Waals surface area contributed by atoms with E-state index in [-0.39, 0.29) is 11.6 Å². The van der Waals surface area contributed by atoms with Crippen molar-refractivity contribution in [1.29, 1.82) is 0 Å². The molecule has 0 aromatic heterocycles. The highest BCUT2D eigenvalue weighted by atomic mass is 16.6. The van der Waals surface area contributed by atoms with Crippen molar-refractivity contribution in [3.05, 3.63) is 63.7 Å². The van der Waals surface area contributed by atoms with Gasteiger partial charge < -0.3 is 14.4 Å². The Kier molecular flexibility index (Phi) is 5.88. The van der Waals surface area contributed by atoms with Crippen molar-refractivity contribution in [1.82, 2.24) is 0 Å². The lowest BCUT2D eigenvalue weighted by atomic mass is 10.0. The van der Waals surface area contributed by atoms with Crippen molar-refractivity contribution in [2.75, 3.05) is 25.2 Å². The first-order valence-corrected chi connectivity index (χ1v) is 8.88. The molecule has 8 heteroatoms. The Labute approximate surface area is 161 Å². The zero-order chi connectivity index (χ0) is 20.1. The number of hydrogen-bond donors (Lipinski definition) is 0. The van der Waals surface area contributed by atoms with Crippen LogP contribution in [0.15, 0.2) is 42.5 Å². The maximum Gasteiger partial charge on any atom is 0.337 e. The van der Waals surface area contributed by atoms with Crippen molar-refractivity contribution < 1.29 is 24.0 Å². The second kappa shape index (κ2) is 8.51.